The third-order valence-electron chi connectivity index (χ3n) is 5.28. The number of carboxylic acids is 1. The largest absolute Gasteiger partial charge is 0.497 e. The van der Waals surface area contributed by atoms with Crippen molar-refractivity contribution in [3.63, 3.8) is 0 Å². The van der Waals surface area contributed by atoms with Crippen LogP contribution in [0, 0.1) is 0 Å². The minimum atomic E-state index is -1.73. The van der Waals surface area contributed by atoms with Gasteiger partial charge in [0.15, 0.2) is 6.10 Å². The number of rotatable bonds is 10. The number of aliphatic hydroxyl groups excluding tert-OH is 1. The molecule has 3 aromatic rings. The van der Waals surface area contributed by atoms with Crippen LogP contribution in [0.15, 0.2) is 84.9 Å². The smallest absolute Gasteiger partial charge is 0.326 e. The molecule has 0 fully saturated rings. The minimum Gasteiger partial charge on any atom is -0.497 e. The molecule has 3 rings (SSSR count). The summed E-state index contributed by atoms with van der Waals surface area (Å²) in [5.74, 6) is -2.02. The Morgan fingerprint density at radius 2 is 1.44 bits per heavy atom. The number of carbonyl (C=O) groups excluding carboxylic acids is 2. The Morgan fingerprint density at radius 1 is 0.853 bits per heavy atom. The van der Waals surface area contributed by atoms with Crippen LogP contribution >= 0.6 is 0 Å². The summed E-state index contributed by atoms with van der Waals surface area (Å²) in [5.41, 5.74) is 1.52. The molecule has 8 heteroatoms. The summed E-state index contributed by atoms with van der Waals surface area (Å²) in [5, 5.41) is 25.6. The summed E-state index contributed by atoms with van der Waals surface area (Å²) in [6.07, 6.45) is -1.72. The van der Waals surface area contributed by atoms with Gasteiger partial charge >= 0.3 is 5.97 Å². The van der Waals surface area contributed by atoms with E-state index in [1.54, 1.807) is 84.9 Å². The normalized spacial score (nSPS) is 13.2. The number of aliphatic carboxylic acids is 1. The molecule has 3 atom stereocenters. The van der Waals surface area contributed by atoms with Gasteiger partial charge in [-0.1, -0.05) is 60.7 Å². The average molecular weight is 463 g/mol. The van der Waals surface area contributed by atoms with E-state index >= 15 is 0 Å². The molecule has 0 saturated heterocycles. The Labute approximate surface area is 197 Å². The van der Waals surface area contributed by atoms with Gasteiger partial charge in [-0.05, 0) is 35.4 Å². The lowest BCUT2D eigenvalue weighted by Gasteiger charge is -2.25. The second-order valence-corrected chi connectivity index (χ2v) is 7.62. The van der Waals surface area contributed by atoms with Crippen LogP contribution in [-0.4, -0.2) is 47.3 Å². The van der Waals surface area contributed by atoms with Gasteiger partial charge in [0.2, 0.25) is 0 Å². The molecule has 0 radical (unpaired) electrons. The lowest BCUT2D eigenvalue weighted by Crippen LogP contribution is -2.50. The third kappa shape index (κ3) is 6.43. The number of aliphatic hydroxyl groups is 1. The summed E-state index contributed by atoms with van der Waals surface area (Å²) in [6, 6.07) is 21.3. The molecule has 8 nitrogen and oxygen atoms in total. The van der Waals surface area contributed by atoms with Crippen LogP contribution in [0.5, 0.6) is 5.75 Å². The number of carboxylic acid groups (broad SMARTS) is 1. The zero-order valence-corrected chi connectivity index (χ0v) is 18.5. The van der Waals surface area contributed by atoms with E-state index in [2.05, 4.69) is 10.6 Å². The quantitative estimate of drug-likeness (QED) is 0.367. The summed E-state index contributed by atoms with van der Waals surface area (Å²) >= 11 is 0. The molecular formula is C26H26N2O6. The predicted molar refractivity (Wildman–Crippen MR) is 125 cm³/mol. The molecule has 0 aliphatic heterocycles. The fourth-order valence-electron chi connectivity index (χ4n) is 3.42. The van der Waals surface area contributed by atoms with Crippen molar-refractivity contribution in [2.24, 2.45) is 0 Å². The van der Waals surface area contributed by atoms with Gasteiger partial charge in [0, 0.05) is 12.0 Å². The first-order valence-electron chi connectivity index (χ1n) is 10.6. The maximum Gasteiger partial charge on any atom is 0.326 e. The van der Waals surface area contributed by atoms with Crippen molar-refractivity contribution in [2.45, 2.75) is 24.6 Å². The SMILES string of the molecule is COc1ccc(C[C@@H](NC(=O)[C@H](O)[C@@H](NC(=O)c2ccccc2)c2ccccc2)C(=O)O)cc1. The summed E-state index contributed by atoms with van der Waals surface area (Å²) < 4.78 is 5.10. The molecule has 0 aliphatic rings. The van der Waals surface area contributed by atoms with Gasteiger partial charge in [0.25, 0.3) is 11.8 Å². The predicted octanol–water partition coefficient (Wildman–Crippen LogP) is 2.34. The standard InChI is InChI=1S/C26H26N2O6/c1-34-20-14-12-17(13-15-20)16-21(26(32)33)27-25(31)23(29)22(18-8-4-2-5-9-18)28-24(30)19-10-6-3-7-11-19/h2-15,21-23,29H,16H2,1H3,(H,27,31)(H,28,30)(H,32,33)/t21-,22+,23-/m1/s1. The maximum atomic E-state index is 12.9. The zero-order chi connectivity index (χ0) is 24.5. The summed E-state index contributed by atoms with van der Waals surface area (Å²) in [7, 11) is 1.52. The molecule has 4 N–H and O–H groups in total. The number of nitrogens with one attached hydrogen (secondary N) is 2. The van der Waals surface area contributed by atoms with Gasteiger partial charge in [-0.15, -0.1) is 0 Å². The molecule has 0 spiro atoms. The molecule has 3 aromatic carbocycles. The van der Waals surface area contributed by atoms with Crippen molar-refractivity contribution >= 4 is 17.8 Å². The molecule has 2 amide bonds. The van der Waals surface area contributed by atoms with E-state index in [0.717, 1.165) is 0 Å². The molecule has 0 bridgehead atoms. The van der Waals surface area contributed by atoms with Gasteiger partial charge in [-0.3, -0.25) is 9.59 Å². The van der Waals surface area contributed by atoms with Crippen LogP contribution in [0.1, 0.15) is 27.5 Å². The molecular weight excluding hydrogens is 436 g/mol. The number of carbonyl (C=O) groups is 3. The van der Waals surface area contributed by atoms with E-state index in [4.69, 9.17) is 4.74 Å². The first-order chi connectivity index (χ1) is 16.4. The first-order valence-corrected chi connectivity index (χ1v) is 10.6. The molecule has 0 unspecified atom stereocenters. The summed E-state index contributed by atoms with van der Waals surface area (Å²) in [6.45, 7) is 0. The van der Waals surface area contributed by atoms with Crippen LogP contribution in [0.3, 0.4) is 0 Å². The molecule has 34 heavy (non-hydrogen) atoms. The fourth-order valence-corrected chi connectivity index (χ4v) is 3.42. The monoisotopic (exact) mass is 462 g/mol. The zero-order valence-electron chi connectivity index (χ0n) is 18.5. The highest BCUT2D eigenvalue weighted by atomic mass is 16.5. The van der Waals surface area contributed by atoms with Crippen molar-refractivity contribution in [1.82, 2.24) is 10.6 Å². The highest BCUT2D eigenvalue weighted by Gasteiger charge is 2.32. The lowest BCUT2D eigenvalue weighted by molar-refractivity contribution is -0.143. The van der Waals surface area contributed by atoms with E-state index in [1.807, 2.05) is 0 Å². The highest BCUT2D eigenvalue weighted by molar-refractivity contribution is 5.95. The van der Waals surface area contributed by atoms with Crippen LogP contribution in [0.2, 0.25) is 0 Å². The van der Waals surface area contributed by atoms with Crippen molar-refractivity contribution in [3.05, 3.63) is 102 Å². The Hall–Kier alpha value is -4.17. The molecule has 0 saturated carbocycles. The average Bonchev–Trinajstić information content (AvgIpc) is 2.87. The fraction of sp³-hybridized carbons (Fsp3) is 0.192. The molecule has 0 heterocycles. The van der Waals surface area contributed by atoms with Crippen LogP contribution < -0.4 is 15.4 Å². The molecule has 0 aromatic heterocycles. The number of hydrogen-bond acceptors (Lipinski definition) is 5. The van der Waals surface area contributed by atoms with Gasteiger partial charge in [-0.25, -0.2) is 4.79 Å². The van der Waals surface area contributed by atoms with E-state index in [1.165, 1.54) is 7.11 Å². The van der Waals surface area contributed by atoms with Crippen molar-refractivity contribution in [1.29, 1.82) is 0 Å². The first kappa shape index (κ1) is 24.5. The van der Waals surface area contributed by atoms with Crippen molar-refractivity contribution in [3.8, 4) is 5.75 Å². The van der Waals surface area contributed by atoms with Gasteiger partial charge in [0.1, 0.15) is 11.8 Å². The Balaban J connectivity index is 1.77. The van der Waals surface area contributed by atoms with E-state index < -0.39 is 36.0 Å². The summed E-state index contributed by atoms with van der Waals surface area (Å²) in [4.78, 5) is 37.4. The highest BCUT2D eigenvalue weighted by Crippen LogP contribution is 2.19. The van der Waals surface area contributed by atoms with E-state index in [0.29, 0.717) is 22.4 Å². The molecule has 0 aliphatic carbocycles. The second-order valence-electron chi connectivity index (χ2n) is 7.62. The third-order valence-corrected chi connectivity index (χ3v) is 5.28. The number of ether oxygens (including phenoxy) is 1. The topological polar surface area (TPSA) is 125 Å². The van der Waals surface area contributed by atoms with E-state index in [9.17, 15) is 24.6 Å². The second kappa shape index (κ2) is 11.6. The van der Waals surface area contributed by atoms with E-state index in [-0.39, 0.29) is 6.42 Å². The van der Waals surface area contributed by atoms with Crippen molar-refractivity contribution < 1.29 is 29.3 Å². The Kier molecular flexibility index (Phi) is 8.37. The maximum absolute atomic E-state index is 12.9. The number of hydrogen-bond donors (Lipinski definition) is 4. The minimum absolute atomic E-state index is 0.00413. The van der Waals surface area contributed by atoms with Gasteiger partial charge in [-0.2, -0.15) is 0 Å². The van der Waals surface area contributed by atoms with Crippen LogP contribution in [-0.2, 0) is 16.0 Å². The van der Waals surface area contributed by atoms with Crippen LogP contribution in [0.25, 0.3) is 0 Å². The molecule has 176 valence electrons. The number of benzene rings is 3. The Bertz CT molecular complexity index is 1100. The number of methoxy groups -OCH3 is 1. The van der Waals surface area contributed by atoms with Gasteiger partial charge in [0.05, 0.1) is 13.2 Å². The van der Waals surface area contributed by atoms with Crippen molar-refractivity contribution in [2.75, 3.05) is 7.11 Å². The van der Waals surface area contributed by atoms with Gasteiger partial charge < -0.3 is 25.6 Å². The number of amides is 2. The van der Waals surface area contributed by atoms with Crippen LogP contribution in [0.4, 0.5) is 0 Å². The Morgan fingerprint density at radius 3 is 2.00 bits per heavy atom. The lowest BCUT2D eigenvalue weighted by atomic mass is 9.99.